The second-order valence-electron chi connectivity index (χ2n) is 8.76. The molecule has 5 N–H and O–H groups in total. The Labute approximate surface area is 208 Å². The first-order chi connectivity index (χ1) is 17.6. The SMILES string of the molecule is Cc1cc(NC(=O)c2nc(C3CC3)n3ccnc(N)c23)ccc1NC(=O)Nc1ccc(C(F)(F)F)cc1. The highest BCUT2D eigenvalue weighted by molar-refractivity contribution is 6.09. The molecule has 1 aliphatic rings. The van der Waals surface area contributed by atoms with Gasteiger partial charge < -0.3 is 21.7 Å². The highest BCUT2D eigenvalue weighted by Gasteiger charge is 2.32. The quantitative estimate of drug-likeness (QED) is 0.286. The van der Waals surface area contributed by atoms with Crippen LogP contribution in [0.25, 0.3) is 5.52 Å². The highest BCUT2D eigenvalue weighted by atomic mass is 19.4. The van der Waals surface area contributed by atoms with E-state index >= 15 is 0 Å². The van der Waals surface area contributed by atoms with Crippen molar-refractivity contribution in [3.63, 3.8) is 0 Å². The molecule has 0 aliphatic heterocycles. The summed E-state index contributed by atoms with van der Waals surface area (Å²) in [6.07, 6.45) is 0.859. The van der Waals surface area contributed by atoms with Crippen molar-refractivity contribution in [3.8, 4) is 0 Å². The first kappa shape index (κ1) is 24.1. The van der Waals surface area contributed by atoms with Crippen LogP contribution >= 0.6 is 0 Å². The number of nitrogens with two attached hydrogens (primary N) is 1. The van der Waals surface area contributed by atoms with E-state index in [2.05, 4.69) is 25.9 Å². The number of benzene rings is 2. The van der Waals surface area contributed by atoms with Gasteiger partial charge in [0.05, 0.1) is 5.56 Å². The smallest absolute Gasteiger partial charge is 0.382 e. The van der Waals surface area contributed by atoms with Gasteiger partial charge in [0.2, 0.25) is 0 Å². The maximum Gasteiger partial charge on any atom is 0.416 e. The molecule has 190 valence electrons. The van der Waals surface area contributed by atoms with Crippen molar-refractivity contribution in [2.75, 3.05) is 21.7 Å². The number of hydrogen-bond acceptors (Lipinski definition) is 5. The van der Waals surface area contributed by atoms with Crippen molar-refractivity contribution in [2.24, 2.45) is 0 Å². The number of hydrogen-bond donors (Lipinski definition) is 4. The number of anilines is 4. The van der Waals surface area contributed by atoms with Crippen LogP contribution in [0.4, 0.5) is 40.8 Å². The predicted octanol–water partition coefficient (Wildman–Crippen LogP) is 5.41. The standard InChI is InChI=1S/C25H22F3N7O2/c1-13-12-17(8-9-18(13)33-24(37)32-16-6-4-15(5-7-16)25(26,27)28)31-23(36)19-20-21(29)30-10-11-35(20)22(34-19)14-2-3-14/h4-12,14H,2-3H2,1H3,(H2,29,30)(H,31,36)(H2,32,33,37). The van der Waals surface area contributed by atoms with Crippen LogP contribution in [0, 0.1) is 6.92 Å². The number of amides is 3. The zero-order chi connectivity index (χ0) is 26.3. The highest BCUT2D eigenvalue weighted by Crippen LogP contribution is 2.40. The van der Waals surface area contributed by atoms with Crippen LogP contribution < -0.4 is 21.7 Å². The normalized spacial score (nSPS) is 13.4. The van der Waals surface area contributed by atoms with Crippen LogP contribution in [0.3, 0.4) is 0 Å². The molecule has 9 nitrogen and oxygen atoms in total. The zero-order valence-electron chi connectivity index (χ0n) is 19.6. The molecule has 4 aromatic rings. The third-order valence-corrected chi connectivity index (χ3v) is 5.97. The van der Waals surface area contributed by atoms with Gasteiger partial charge in [-0.15, -0.1) is 0 Å². The molecule has 1 fully saturated rings. The minimum Gasteiger partial charge on any atom is -0.382 e. The van der Waals surface area contributed by atoms with Gasteiger partial charge in [-0.2, -0.15) is 13.2 Å². The van der Waals surface area contributed by atoms with E-state index < -0.39 is 23.7 Å². The molecule has 2 aromatic heterocycles. The molecule has 0 bridgehead atoms. The van der Waals surface area contributed by atoms with E-state index in [0.29, 0.717) is 22.5 Å². The number of carbonyl (C=O) groups excluding carboxylic acids is 2. The lowest BCUT2D eigenvalue weighted by molar-refractivity contribution is -0.137. The van der Waals surface area contributed by atoms with Crippen LogP contribution in [0.5, 0.6) is 0 Å². The molecular formula is C25H22F3N7O2. The van der Waals surface area contributed by atoms with Gasteiger partial charge in [0.15, 0.2) is 5.69 Å². The summed E-state index contributed by atoms with van der Waals surface area (Å²) in [5, 5.41) is 7.94. The van der Waals surface area contributed by atoms with Gasteiger partial charge in [-0.05, 0) is 67.8 Å². The van der Waals surface area contributed by atoms with E-state index in [1.807, 2.05) is 4.40 Å². The Morgan fingerprint density at radius 3 is 2.38 bits per heavy atom. The van der Waals surface area contributed by atoms with Crippen LogP contribution in [0.15, 0.2) is 54.9 Å². The number of nitrogen functional groups attached to an aromatic ring is 1. The summed E-state index contributed by atoms with van der Waals surface area (Å²) in [7, 11) is 0. The zero-order valence-corrected chi connectivity index (χ0v) is 19.6. The largest absolute Gasteiger partial charge is 0.416 e. The summed E-state index contributed by atoms with van der Waals surface area (Å²) < 4.78 is 39.9. The third-order valence-electron chi connectivity index (χ3n) is 5.97. The van der Waals surface area contributed by atoms with Gasteiger partial charge in [0.25, 0.3) is 5.91 Å². The number of nitrogens with one attached hydrogen (secondary N) is 3. The van der Waals surface area contributed by atoms with Crippen molar-refractivity contribution in [1.29, 1.82) is 0 Å². The molecule has 0 atom stereocenters. The Hall–Kier alpha value is -4.61. The number of rotatable bonds is 5. The van der Waals surface area contributed by atoms with Crippen molar-refractivity contribution in [1.82, 2.24) is 14.4 Å². The maximum atomic E-state index is 13.1. The summed E-state index contributed by atoms with van der Waals surface area (Å²) in [6.45, 7) is 1.74. The molecule has 0 saturated heterocycles. The van der Waals surface area contributed by atoms with E-state index in [1.54, 1.807) is 37.5 Å². The summed E-state index contributed by atoms with van der Waals surface area (Å²) in [5.41, 5.74) is 7.67. The molecule has 37 heavy (non-hydrogen) atoms. The molecule has 1 aliphatic carbocycles. The van der Waals surface area contributed by atoms with Gasteiger partial charge in [-0.3, -0.25) is 9.20 Å². The molecule has 5 rings (SSSR count). The fourth-order valence-electron chi connectivity index (χ4n) is 3.97. The van der Waals surface area contributed by atoms with E-state index in [1.165, 1.54) is 12.1 Å². The second-order valence-corrected chi connectivity index (χ2v) is 8.76. The van der Waals surface area contributed by atoms with E-state index in [4.69, 9.17) is 5.73 Å². The Morgan fingerprint density at radius 2 is 1.73 bits per heavy atom. The first-order valence-corrected chi connectivity index (χ1v) is 11.4. The number of aryl methyl sites for hydroxylation is 1. The van der Waals surface area contributed by atoms with Gasteiger partial charge in [0, 0.05) is 35.4 Å². The predicted molar refractivity (Wildman–Crippen MR) is 133 cm³/mol. The van der Waals surface area contributed by atoms with Crippen LogP contribution in [-0.4, -0.2) is 26.3 Å². The van der Waals surface area contributed by atoms with Gasteiger partial charge in [-0.25, -0.2) is 14.8 Å². The van der Waals surface area contributed by atoms with Crippen LogP contribution in [0.2, 0.25) is 0 Å². The fraction of sp³-hybridized carbons (Fsp3) is 0.200. The molecule has 12 heteroatoms. The molecule has 2 heterocycles. The number of carbonyl (C=O) groups is 2. The lowest BCUT2D eigenvalue weighted by atomic mass is 10.1. The maximum absolute atomic E-state index is 13.1. The van der Waals surface area contributed by atoms with Gasteiger partial charge in [0.1, 0.15) is 17.2 Å². The number of nitrogens with zero attached hydrogens (tertiary/aromatic N) is 3. The first-order valence-electron chi connectivity index (χ1n) is 11.4. The number of alkyl halides is 3. The summed E-state index contributed by atoms with van der Waals surface area (Å²) in [4.78, 5) is 34.1. The molecule has 0 radical (unpaired) electrons. The topological polar surface area (TPSA) is 126 Å². The third kappa shape index (κ3) is 5.03. The van der Waals surface area contributed by atoms with Crippen LogP contribution in [0.1, 0.15) is 46.2 Å². The number of fused-ring (bicyclic) bond motifs is 1. The van der Waals surface area contributed by atoms with Crippen LogP contribution in [-0.2, 0) is 6.18 Å². The minimum absolute atomic E-state index is 0.184. The Balaban J connectivity index is 1.27. The number of imidazole rings is 1. The van der Waals surface area contributed by atoms with E-state index in [0.717, 1.165) is 30.8 Å². The van der Waals surface area contributed by atoms with E-state index in [-0.39, 0.29) is 23.1 Å². The van der Waals surface area contributed by atoms with Gasteiger partial charge in [-0.1, -0.05) is 0 Å². The summed E-state index contributed by atoms with van der Waals surface area (Å²) >= 11 is 0. The molecule has 2 aromatic carbocycles. The Morgan fingerprint density at radius 1 is 1.03 bits per heavy atom. The van der Waals surface area contributed by atoms with Crippen molar-refractivity contribution in [2.45, 2.75) is 31.9 Å². The van der Waals surface area contributed by atoms with E-state index in [9.17, 15) is 22.8 Å². The summed E-state index contributed by atoms with van der Waals surface area (Å²) in [6, 6.07) is 8.38. The minimum atomic E-state index is -4.46. The average Bonchev–Trinajstić information content (AvgIpc) is 3.60. The number of urea groups is 1. The van der Waals surface area contributed by atoms with Crippen molar-refractivity contribution < 1.29 is 22.8 Å². The lowest BCUT2D eigenvalue weighted by Crippen LogP contribution is -2.20. The van der Waals surface area contributed by atoms with Crippen molar-refractivity contribution in [3.05, 3.63) is 77.5 Å². The molecular weight excluding hydrogens is 487 g/mol. The van der Waals surface area contributed by atoms with Crippen molar-refractivity contribution >= 4 is 40.3 Å². The Kier molecular flexibility index (Phi) is 5.94. The molecule has 3 amide bonds. The summed E-state index contributed by atoms with van der Waals surface area (Å²) in [5.74, 6) is 0.840. The lowest BCUT2D eigenvalue weighted by Gasteiger charge is -2.12. The Bertz CT molecular complexity index is 1510. The number of aromatic nitrogens is 3. The monoisotopic (exact) mass is 509 g/mol. The molecule has 1 saturated carbocycles. The average molecular weight is 509 g/mol. The van der Waals surface area contributed by atoms with Gasteiger partial charge >= 0.3 is 12.2 Å². The number of halogens is 3. The molecule has 0 unspecified atom stereocenters. The molecule has 0 spiro atoms. The fourth-order valence-corrected chi connectivity index (χ4v) is 3.97. The second kappa shape index (κ2) is 9.12.